The average Bonchev–Trinajstić information content (AvgIpc) is 2.55. The van der Waals surface area contributed by atoms with Gasteiger partial charge in [-0.3, -0.25) is 0 Å². The first kappa shape index (κ1) is 12.2. The molecule has 1 heterocycles. The summed E-state index contributed by atoms with van der Waals surface area (Å²) in [7, 11) is 0. The van der Waals surface area contributed by atoms with Crippen molar-refractivity contribution in [1.82, 2.24) is 0 Å². The third-order valence-electron chi connectivity index (χ3n) is 3.19. The van der Waals surface area contributed by atoms with E-state index in [1.54, 1.807) is 0 Å². The van der Waals surface area contributed by atoms with E-state index in [1.165, 1.54) is 0 Å². The Hall–Kier alpha value is 0.118. The maximum atomic E-state index is 7.95. The maximum absolute atomic E-state index is 7.95. The molecule has 0 aromatic carbocycles. The summed E-state index contributed by atoms with van der Waals surface area (Å²) in [5.74, 6) is 1.19. The molecule has 4 unspecified atom stereocenters. The predicted octanol–water partition coefficient (Wildman–Crippen LogP) is 2.47. The van der Waals surface area contributed by atoms with Crippen LogP contribution in [0.2, 0.25) is 0 Å². The van der Waals surface area contributed by atoms with Crippen LogP contribution in [0.1, 0.15) is 27.2 Å². The van der Waals surface area contributed by atoms with E-state index >= 15 is 0 Å². The molecule has 0 saturated heterocycles. The molecule has 1 fully saturated rings. The van der Waals surface area contributed by atoms with Gasteiger partial charge in [-0.05, 0) is 11.8 Å². The Labute approximate surface area is 99.7 Å². The summed E-state index contributed by atoms with van der Waals surface area (Å²) in [4.78, 5) is 5.40. The number of nitrogens with zero attached hydrogens (tertiary/aromatic N) is 1. The second-order valence-corrected chi connectivity index (χ2v) is 4.59. The molecule has 0 radical (unpaired) electrons. The van der Waals surface area contributed by atoms with Crippen LogP contribution in [0.15, 0.2) is 5.16 Å². The van der Waals surface area contributed by atoms with Crippen LogP contribution in [0.5, 0.6) is 0 Å². The maximum Gasteiger partial charge on any atom is 0.136 e. The third kappa shape index (κ3) is 1.77. The summed E-state index contributed by atoms with van der Waals surface area (Å²) in [5.41, 5.74) is 9.06. The molecule has 1 aliphatic carbocycles. The SMILES string of the molecule is CC(C)C1=NOC2C(C)CC([NH-])C12.[W]. The van der Waals surface area contributed by atoms with Gasteiger partial charge in [0.1, 0.15) is 6.10 Å². The minimum Gasteiger partial charge on any atom is -0.674 e. The van der Waals surface area contributed by atoms with Crippen LogP contribution in [-0.2, 0) is 25.9 Å². The van der Waals surface area contributed by atoms with Gasteiger partial charge >= 0.3 is 0 Å². The fourth-order valence-corrected chi connectivity index (χ4v) is 2.48. The van der Waals surface area contributed by atoms with E-state index in [1.807, 2.05) is 0 Å². The first-order valence-corrected chi connectivity index (χ1v) is 5.06. The summed E-state index contributed by atoms with van der Waals surface area (Å²) in [6, 6.07) is 0.00338. The fourth-order valence-electron chi connectivity index (χ4n) is 2.48. The fraction of sp³-hybridized carbons (Fsp3) is 0.900. The number of hydrogen-bond donors (Lipinski definition) is 0. The monoisotopic (exact) mass is 365 g/mol. The van der Waals surface area contributed by atoms with Gasteiger partial charge in [-0.2, -0.15) is 0 Å². The van der Waals surface area contributed by atoms with Crippen molar-refractivity contribution in [2.45, 2.75) is 39.3 Å². The van der Waals surface area contributed by atoms with Crippen LogP contribution in [-0.4, -0.2) is 17.9 Å². The van der Waals surface area contributed by atoms with Crippen molar-refractivity contribution in [2.24, 2.45) is 22.9 Å². The quantitative estimate of drug-likeness (QED) is 0.704. The molecule has 80 valence electrons. The van der Waals surface area contributed by atoms with Gasteiger partial charge < -0.3 is 10.6 Å². The number of hydrogen-bond acceptors (Lipinski definition) is 2. The summed E-state index contributed by atoms with van der Waals surface area (Å²) in [6.07, 6.45) is 1.15. The summed E-state index contributed by atoms with van der Waals surface area (Å²) in [6.45, 7) is 6.41. The molecule has 4 atom stereocenters. The summed E-state index contributed by atoms with van der Waals surface area (Å²) in [5, 5.41) is 4.12. The molecular formula is C10H17N2OW-. The Morgan fingerprint density at radius 3 is 2.71 bits per heavy atom. The van der Waals surface area contributed by atoms with E-state index in [0.29, 0.717) is 11.8 Å². The third-order valence-corrected chi connectivity index (χ3v) is 3.19. The van der Waals surface area contributed by atoms with Crippen LogP contribution in [0.25, 0.3) is 5.73 Å². The Morgan fingerprint density at radius 2 is 2.14 bits per heavy atom. The Kier molecular flexibility index (Phi) is 3.76. The van der Waals surface area contributed by atoms with Gasteiger partial charge in [-0.15, -0.1) is 6.04 Å². The molecule has 0 spiro atoms. The second-order valence-electron chi connectivity index (χ2n) is 4.59. The van der Waals surface area contributed by atoms with Gasteiger partial charge in [0.25, 0.3) is 0 Å². The molecule has 14 heavy (non-hydrogen) atoms. The van der Waals surface area contributed by atoms with Crippen LogP contribution in [0.4, 0.5) is 0 Å². The van der Waals surface area contributed by atoms with Gasteiger partial charge in [0.05, 0.1) is 5.71 Å². The van der Waals surface area contributed by atoms with Crippen LogP contribution in [0, 0.1) is 17.8 Å². The molecule has 0 aromatic heterocycles. The molecule has 0 bridgehead atoms. The zero-order valence-corrected chi connectivity index (χ0v) is 11.8. The molecule has 0 amide bonds. The van der Waals surface area contributed by atoms with Gasteiger partial charge in [-0.1, -0.05) is 32.3 Å². The standard InChI is InChI=1S/C10H17N2O.W/c1-5(2)9-8-7(11)4-6(3)10(8)13-12-9;/h5-8,10-11H,4H2,1-3H3;/q-1;. The number of rotatable bonds is 1. The van der Waals surface area contributed by atoms with Crippen molar-refractivity contribution < 1.29 is 25.9 Å². The number of oxime groups is 1. The first-order valence-electron chi connectivity index (χ1n) is 5.06. The normalized spacial score (nSPS) is 40.2. The van der Waals surface area contributed by atoms with Gasteiger partial charge in [0.15, 0.2) is 0 Å². The Bertz CT molecular complexity index is 242. The van der Waals surface area contributed by atoms with Crippen molar-refractivity contribution >= 4 is 5.71 Å². The van der Waals surface area contributed by atoms with Crippen LogP contribution in [0.3, 0.4) is 0 Å². The molecule has 1 N–H and O–H groups in total. The van der Waals surface area contributed by atoms with E-state index in [0.717, 1.165) is 12.1 Å². The van der Waals surface area contributed by atoms with Crippen molar-refractivity contribution in [3.05, 3.63) is 5.73 Å². The second kappa shape index (κ2) is 4.32. The minimum atomic E-state index is 0. The summed E-state index contributed by atoms with van der Waals surface area (Å²) >= 11 is 0. The van der Waals surface area contributed by atoms with Crippen molar-refractivity contribution in [3.8, 4) is 0 Å². The van der Waals surface area contributed by atoms with Crippen LogP contribution >= 0.6 is 0 Å². The van der Waals surface area contributed by atoms with E-state index in [9.17, 15) is 0 Å². The van der Waals surface area contributed by atoms with E-state index in [4.69, 9.17) is 10.6 Å². The summed E-state index contributed by atoms with van der Waals surface area (Å²) < 4.78 is 0. The average molecular weight is 365 g/mol. The van der Waals surface area contributed by atoms with Crippen molar-refractivity contribution in [1.29, 1.82) is 0 Å². The zero-order valence-electron chi connectivity index (χ0n) is 8.86. The smallest absolute Gasteiger partial charge is 0.136 e. The van der Waals surface area contributed by atoms with E-state index in [2.05, 4.69) is 25.9 Å². The van der Waals surface area contributed by atoms with Crippen LogP contribution < -0.4 is 0 Å². The topological polar surface area (TPSA) is 45.4 Å². The zero-order chi connectivity index (χ0) is 9.59. The van der Waals surface area contributed by atoms with Gasteiger partial charge in [-0.25, -0.2) is 0 Å². The first-order chi connectivity index (χ1) is 6.11. The molecule has 0 aromatic rings. The van der Waals surface area contributed by atoms with E-state index in [-0.39, 0.29) is 39.1 Å². The predicted molar refractivity (Wildman–Crippen MR) is 52.5 cm³/mol. The molecule has 4 heteroatoms. The molecule has 3 nitrogen and oxygen atoms in total. The largest absolute Gasteiger partial charge is 0.674 e. The van der Waals surface area contributed by atoms with Gasteiger partial charge in [0, 0.05) is 27.0 Å². The minimum absolute atomic E-state index is 0. The van der Waals surface area contributed by atoms with Crippen molar-refractivity contribution in [3.63, 3.8) is 0 Å². The Balaban J connectivity index is 0.000000980. The van der Waals surface area contributed by atoms with Gasteiger partial charge in [0.2, 0.25) is 0 Å². The molecule has 2 aliphatic rings. The number of fused-ring (bicyclic) bond motifs is 1. The number of nitrogens with one attached hydrogen (secondary N) is 1. The molecular weight excluding hydrogens is 348 g/mol. The van der Waals surface area contributed by atoms with E-state index < -0.39 is 0 Å². The molecule has 1 aliphatic heterocycles. The molecule has 2 rings (SSSR count). The Morgan fingerprint density at radius 1 is 1.50 bits per heavy atom. The van der Waals surface area contributed by atoms with Crippen molar-refractivity contribution in [2.75, 3.05) is 0 Å². The molecule has 1 saturated carbocycles.